The van der Waals surface area contributed by atoms with Gasteiger partial charge in [-0.05, 0) is 55.8 Å². The van der Waals surface area contributed by atoms with Gasteiger partial charge in [-0.3, -0.25) is 4.79 Å². The minimum atomic E-state index is 0.00551. The second-order valence-corrected chi connectivity index (χ2v) is 6.60. The van der Waals surface area contributed by atoms with Gasteiger partial charge in [-0.1, -0.05) is 0 Å². The Hall–Kier alpha value is -3.22. The molecule has 0 saturated heterocycles. The van der Waals surface area contributed by atoms with E-state index >= 15 is 0 Å². The first kappa shape index (κ1) is 16.3. The van der Waals surface area contributed by atoms with Gasteiger partial charge in [-0.15, -0.1) is 5.10 Å². The molecule has 132 valence electrons. The van der Waals surface area contributed by atoms with E-state index in [1.807, 2.05) is 53.8 Å². The number of hydrogen-bond acceptors (Lipinski definition) is 5. The molecule has 3 aromatic rings. The highest BCUT2D eigenvalue weighted by molar-refractivity contribution is 5.94. The number of benzene rings is 1. The lowest BCUT2D eigenvalue weighted by Crippen LogP contribution is -2.36. The molecule has 0 aliphatic carbocycles. The Labute approximate surface area is 151 Å². The van der Waals surface area contributed by atoms with Crippen LogP contribution in [0.25, 0.3) is 5.69 Å². The zero-order valence-corrected chi connectivity index (χ0v) is 14.8. The highest BCUT2D eigenvalue weighted by Crippen LogP contribution is 2.20. The SMILES string of the molecule is Cc1cc(C)n(-c2ccc(C(=O)N3CCc4nnc(N)cc4C3)cc2)n1. The molecule has 2 aromatic heterocycles. The van der Waals surface area contributed by atoms with Crippen molar-refractivity contribution in [3.63, 3.8) is 0 Å². The molecule has 7 nitrogen and oxygen atoms in total. The quantitative estimate of drug-likeness (QED) is 0.765. The molecule has 0 radical (unpaired) electrons. The first-order valence-electron chi connectivity index (χ1n) is 8.55. The van der Waals surface area contributed by atoms with Crippen LogP contribution in [0, 0.1) is 13.8 Å². The summed E-state index contributed by atoms with van der Waals surface area (Å²) in [5.74, 6) is 0.387. The molecule has 4 rings (SSSR count). The largest absolute Gasteiger partial charge is 0.382 e. The number of nitrogens with two attached hydrogens (primary N) is 1. The molecular weight excluding hydrogens is 328 g/mol. The summed E-state index contributed by atoms with van der Waals surface area (Å²) in [5.41, 5.74) is 11.2. The van der Waals surface area contributed by atoms with Gasteiger partial charge < -0.3 is 10.6 Å². The number of aryl methyl sites for hydroxylation is 2. The second-order valence-electron chi connectivity index (χ2n) is 6.60. The van der Waals surface area contributed by atoms with Gasteiger partial charge in [0.2, 0.25) is 0 Å². The molecule has 0 unspecified atom stereocenters. The number of nitrogen functional groups attached to an aromatic ring is 1. The molecule has 26 heavy (non-hydrogen) atoms. The van der Waals surface area contributed by atoms with Crippen molar-refractivity contribution in [3.8, 4) is 5.69 Å². The number of anilines is 1. The first-order valence-corrected chi connectivity index (χ1v) is 8.55. The number of fused-ring (bicyclic) bond motifs is 1. The molecule has 1 amide bonds. The van der Waals surface area contributed by atoms with Crippen LogP contribution in [0.3, 0.4) is 0 Å². The van der Waals surface area contributed by atoms with Crippen LogP contribution in [0.1, 0.15) is 33.0 Å². The molecule has 3 heterocycles. The molecule has 2 N–H and O–H groups in total. The van der Waals surface area contributed by atoms with Crippen molar-refractivity contribution in [1.29, 1.82) is 0 Å². The molecule has 1 aromatic carbocycles. The normalized spacial score (nSPS) is 13.5. The Morgan fingerprint density at radius 3 is 2.58 bits per heavy atom. The summed E-state index contributed by atoms with van der Waals surface area (Å²) < 4.78 is 1.88. The molecule has 0 fully saturated rings. The van der Waals surface area contributed by atoms with Gasteiger partial charge in [0.05, 0.1) is 17.1 Å². The Morgan fingerprint density at radius 2 is 1.88 bits per heavy atom. The van der Waals surface area contributed by atoms with Gasteiger partial charge >= 0.3 is 0 Å². The standard InChI is InChI=1S/C19H20N6O/c1-12-9-13(2)25(23-12)16-5-3-14(4-6-16)19(26)24-8-7-17-15(11-24)10-18(20)22-21-17/h3-6,9-10H,7-8,11H2,1-2H3,(H2,20,22). The summed E-state index contributed by atoms with van der Waals surface area (Å²) in [6.45, 7) is 5.11. The lowest BCUT2D eigenvalue weighted by molar-refractivity contribution is 0.0733. The number of aromatic nitrogens is 4. The molecule has 0 saturated carbocycles. The zero-order valence-electron chi connectivity index (χ0n) is 14.8. The van der Waals surface area contributed by atoms with E-state index in [0.717, 1.165) is 28.3 Å². The van der Waals surface area contributed by atoms with Crippen LogP contribution in [0.4, 0.5) is 5.82 Å². The van der Waals surface area contributed by atoms with Gasteiger partial charge in [0.25, 0.3) is 5.91 Å². The summed E-state index contributed by atoms with van der Waals surface area (Å²) in [7, 11) is 0. The highest BCUT2D eigenvalue weighted by Gasteiger charge is 2.23. The lowest BCUT2D eigenvalue weighted by atomic mass is 10.0. The van der Waals surface area contributed by atoms with Crippen molar-refractivity contribution in [1.82, 2.24) is 24.9 Å². The number of carbonyl (C=O) groups excluding carboxylic acids is 1. The monoisotopic (exact) mass is 348 g/mol. The minimum Gasteiger partial charge on any atom is -0.382 e. The fourth-order valence-corrected chi connectivity index (χ4v) is 3.34. The van der Waals surface area contributed by atoms with Crippen LogP contribution in [-0.2, 0) is 13.0 Å². The Morgan fingerprint density at radius 1 is 1.12 bits per heavy atom. The molecule has 0 bridgehead atoms. The van der Waals surface area contributed by atoms with E-state index in [9.17, 15) is 4.79 Å². The Bertz CT molecular complexity index is 976. The summed E-state index contributed by atoms with van der Waals surface area (Å²) in [4.78, 5) is 14.7. The summed E-state index contributed by atoms with van der Waals surface area (Å²) in [6.07, 6.45) is 0.693. The summed E-state index contributed by atoms with van der Waals surface area (Å²) >= 11 is 0. The predicted octanol–water partition coefficient (Wildman–Crippen LogP) is 2.06. The summed E-state index contributed by atoms with van der Waals surface area (Å²) in [6, 6.07) is 11.4. The van der Waals surface area contributed by atoms with E-state index in [4.69, 9.17) is 5.73 Å². The van der Waals surface area contributed by atoms with Gasteiger partial charge in [-0.2, -0.15) is 10.2 Å². The summed E-state index contributed by atoms with van der Waals surface area (Å²) in [5, 5.41) is 12.5. The third kappa shape index (κ3) is 2.92. The highest BCUT2D eigenvalue weighted by atomic mass is 16.2. The van der Waals surface area contributed by atoms with Gasteiger partial charge in [0, 0.05) is 30.8 Å². The van der Waals surface area contributed by atoms with Crippen molar-refractivity contribution in [2.24, 2.45) is 0 Å². The average molecular weight is 348 g/mol. The topological polar surface area (TPSA) is 89.9 Å². The molecule has 1 aliphatic heterocycles. The maximum Gasteiger partial charge on any atom is 0.254 e. The van der Waals surface area contributed by atoms with Crippen molar-refractivity contribution in [2.75, 3.05) is 12.3 Å². The van der Waals surface area contributed by atoms with Gasteiger partial charge in [0.15, 0.2) is 0 Å². The van der Waals surface area contributed by atoms with E-state index in [2.05, 4.69) is 15.3 Å². The number of carbonyl (C=O) groups is 1. The Kier molecular flexibility index (Phi) is 3.91. The number of nitrogens with zero attached hydrogens (tertiary/aromatic N) is 5. The fraction of sp³-hybridized carbons (Fsp3) is 0.263. The van der Waals surface area contributed by atoms with Gasteiger partial charge in [-0.25, -0.2) is 4.68 Å². The van der Waals surface area contributed by atoms with Crippen molar-refractivity contribution in [2.45, 2.75) is 26.8 Å². The van der Waals surface area contributed by atoms with Crippen LogP contribution < -0.4 is 5.73 Å². The van der Waals surface area contributed by atoms with Crippen LogP contribution in [-0.4, -0.2) is 37.3 Å². The van der Waals surface area contributed by atoms with Crippen molar-refractivity contribution >= 4 is 11.7 Å². The van der Waals surface area contributed by atoms with Crippen molar-refractivity contribution < 1.29 is 4.79 Å². The third-order valence-electron chi connectivity index (χ3n) is 4.61. The van der Waals surface area contributed by atoms with Crippen LogP contribution in [0.5, 0.6) is 0 Å². The molecule has 1 aliphatic rings. The number of rotatable bonds is 2. The first-order chi connectivity index (χ1) is 12.5. The zero-order chi connectivity index (χ0) is 18.3. The van der Waals surface area contributed by atoms with Crippen LogP contribution in [0.15, 0.2) is 36.4 Å². The van der Waals surface area contributed by atoms with E-state index in [1.165, 1.54) is 0 Å². The molecular formula is C19H20N6O. The van der Waals surface area contributed by atoms with Gasteiger partial charge in [0.1, 0.15) is 5.82 Å². The molecule has 7 heteroatoms. The smallest absolute Gasteiger partial charge is 0.254 e. The third-order valence-corrected chi connectivity index (χ3v) is 4.61. The van der Waals surface area contributed by atoms with Crippen molar-refractivity contribution in [3.05, 3.63) is 64.6 Å². The van der Waals surface area contributed by atoms with Crippen LogP contribution in [0.2, 0.25) is 0 Å². The van der Waals surface area contributed by atoms with Crippen LogP contribution >= 0.6 is 0 Å². The Balaban J connectivity index is 1.55. The molecule has 0 atom stereocenters. The minimum absolute atomic E-state index is 0.00551. The fourth-order valence-electron chi connectivity index (χ4n) is 3.34. The number of hydrogen-bond donors (Lipinski definition) is 1. The second kappa shape index (κ2) is 6.25. The van der Waals surface area contributed by atoms with E-state index in [1.54, 1.807) is 6.07 Å². The van der Waals surface area contributed by atoms with E-state index in [0.29, 0.717) is 30.9 Å². The average Bonchev–Trinajstić information content (AvgIpc) is 2.99. The lowest BCUT2D eigenvalue weighted by Gasteiger charge is -2.28. The predicted molar refractivity (Wildman–Crippen MR) is 97.9 cm³/mol. The maximum absolute atomic E-state index is 12.8. The van der Waals surface area contributed by atoms with E-state index in [-0.39, 0.29) is 5.91 Å². The maximum atomic E-state index is 12.8. The van der Waals surface area contributed by atoms with E-state index < -0.39 is 0 Å². The number of amides is 1. The molecule has 0 spiro atoms.